The molecule has 3 rings (SSSR count). The van der Waals surface area contributed by atoms with Crippen molar-refractivity contribution in [3.05, 3.63) is 36.0 Å². The van der Waals surface area contributed by atoms with Gasteiger partial charge in [-0.05, 0) is 36.8 Å². The fourth-order valence-electron chi connectivity index (χ4n) is 2.45. The molecule has 0 aliphatic heterocycles. The van der Waals surface area contributed by atoms with Crippen molar-refractivity contribution in [3.8, 4) is 0 Å². The van der Waals surface area contributed by atoms with Crippen molar-refractivity contribution in [3.63, 3.8) is 0 Å². The van der Waals surface area contributed by atoms with Crippen LogP contribution in [0.15, 0.2) is 30.5 Å². The van der Waals surface area contributed by atoms with Gasteiger partial charge in [-0.2, -0.15) is 0 Å². The maximum Gasteiger partial charge on any atom is 0.253 e. The average molecular weight is 242 g/mol. The van der Waals surface area contributed by atoms with Crippen LogP contribution in [-0.2, 0) is 0 Å². The Morgan fingerprint density at radius 2 is 2.28 bits per heavy atom. The summed E-state index contributed by atoms with van der Waals surface area (Å²) in [5, 5.41) is 4.12. The van der Waals surface area contributed by atoms with Gasteiger partial charge in [0.05, 0.1) is 11.1 Å². The molecule has 3 heteroatoms. The molecule has 1 saturated carbocycles. The quantitative estimate of drug-likeness (QED) is 0.850. The standard InChI is InChI=1S/C15H18N2O/c1-10(11-5-6-11)9-17-15(18)13-4-2-3-12-7-8-16-14(12)13/h2-4,7-8,10-11,16H,5-6,9H2,1H3,(H,17,18). The molecular weight excluding hydrogens is 224 g/mol. The van der Waals surface area contributed by atoms with E-state index in [4.69, 9.17) is 0 Å². The molecular formula is C15H18N2O. The Balaban J connectivity index is 1.73. The molecule has 2 N–H and O–H groups in total. The third-order valence-electron chi connectivity index (χ3n) is 3.84. The van der Waals surface area contributed by atoms with Crippen molar-refractivity contribution in [2.75, 3.05) is 6.54 Å². The second-order valence-corrected chi connectivity index (χ2v) is 5.27. The van der Waals surface area contributed by atoms with E-state index >= 15 is 0 Å². The third-order valence-corrected chi connectivity index (χ3v) is 3.84. The van der Waals surface area contributed by atoms with Gasteiger partial charge in [0.15, 0.2) is 0 Å². The van der Waals surface area contributed by atoms with E-state index in [1.165, 1.54) is 12.8 Å². The van der Waals surface area contributed by atoms with Crippen LogP contribution in [-0.4, -0.2) is 17.4 Å². The molecule has 3 nitrogen and oxygen atoms in total. The van der Waals surface area contributed by atoms with Gasteiger partial charge in [-0.1, -0.05) is 19.1 Å². The first kappa shape index (κ1) is 11.3. The molecule has 18 heavy (non-hydrogen) atoms. The highest BCUT2D eigenvalue weighted by Crippen LogP contribution is 2.36. The lowest BCUT2D eigenvalue weighted by molar-refractivity contribution is 0.0948. The van der Waals surface area contributed by atoms with Crippen LogP contribution in [0.4, 0.5) is 0 Å². The smallest absolute Gasteiger partial charge is 0.253 e. The van der Waals surface area contributed by atoms with Crippen LogP contribution in [0.3, 0.4) is 0 Å². The number of benzene rings is 1. The van der Waals surface area contributed by atoms with Crippen LogP contribution in [0, 0.1) is 11.8 Å². The summed E-state index contributed by atoms with van der Waals surface area (Å²) in [6.45, 7) is 2.99. The fourth-order valence-corrected chi connectivity index (χ4v) is 2.45. The molecule has 0 radical (unpaired) electrons. The predicted molar refractivity (Wildman–Crippen MR) is 72.5 cm³/mol. The SMILES string of the molecule is CC(CNC(=O)c1cccc2cc[nH]c12)C1CC1. The summed E-state index contributed by atoms with van der Waals surface area (Å²) in [5.74, 6) is 1.44. The molecule has 0 spiro atoms. The lowest BCUT2D eigenvalue weighted by Crippen LogP contribution is -2.29. The van der Waals surface area contributed by atoms with E-state index in [0.29, 0.717) is 5.92 Å². The average Bonchev–Trinajstić information content (AvgIpc) is 3.12. The Hall–Kier alpha value is -1.77. The summed E-state index contributed by atoms with van der Waals surface area (Å²) >= 11 is 0. The van der Waals surface area contributed by atoms with Crippen LogP contribution >= 0.6 is 0 Å². The number of carbonyl (C=O) groups is 1. The number of H-pyrrole nitrogens is 1. The molecule has 1 heterocycles. The summed E-state index contributed by atoms with van der Waals surface area (Å²) in [5.41, 5.74) is 1.66. The molecule has 0 bridgehead atoms. The number of rotatable bonds is 4. The molecule has 1 aromatic carbocycles. The topological polar surface area (TPSA) is 44.9 Å². The number of aromatic amines is 1. The second kappa shape index (κ2) is 4.48. The van der Waals surface area contributed by atoms with Crippen molar-refractivity contribution in [2.24, 2.45) is 11.8 Å². The van der Waals surface area contributed by atoms with E-state index < -0.39 is 0 Å². The summed E-state index contributed by atoms with van der Waals surface area (Å²) < 4.78 is 0. The molecule has 1 fully saturated rings. The predicted octanol–water partition coefficient (Wildman–Crippen LogP) is 2.94. The second-order valence-electron chi connectivity index (χ2n) is 5.27. The highest BCUT2D eigenvalue weighted by Gasteiger charge is 2.28. The molecule has 2 aromatic rings. The van der Waals surface area contributed by atoms with Gasteiger partial charge in [-0.3, -0.25) is 4.79 Å². The number of para-hydroxylation sites is 1. The molecule has 0 saturated heterocycles. The van der Waals surface area contributed by atoms with Gasteiger partial charge in [0, 0.05) is 18.1 Å². The molecule has 1 unspecified atom stereocenters. The van der Waals surface area contributed by atoms with Gasteiger partial charge < -0.3 is 10.3 Å². The van der Waals surface area contributed by atoms with E-state index in [0.717, 1.165) is 28.9 Å². The van der Waals surface area contributed by atoms with Gasteiger partial charge in [0.25, 0.3) is 5.91 Å². The van der Waals surface area contributed by atoms with Crippen LogP contribution < -0.4 is 5.32 Å². The summed E-state index contributed by atoms with van der Waals surface area (Å²) in [6, 6.07) is 7.79. The Morgan fingerprint density at radius 3 is 3.06 bits per heavy atom. The van der Waals surface area contributed by atoms with Crippen molar-refractivity contribution in [1.82, 2.24) is 10.3 Å². The first-order valence-electron chi connectivity index (χ1n) is 6.60. The molecule has 1 atom stereocenters. The lowest BCUT2D eigenvalue weighted by atomic mass is 10.1. The first-order valence-corrected chi connectivity index (χ1v) is 6.60. The van der Waals surface area contributed by atoms with E-state index in [2.05, 4.69) is 17.2 Å². The van der Waals surface area contributed by atoms with Crippen molar-refractivity contribution >= 4 is 16.8 Å². The Morgan fingerprint density at radius 1 is 1.44 bits per heavy atom. The number of aromatic nitrogens is 1. The molecule has 1 aliphatic rings. The van der Waals surface area contributed by atoms with E-state index in [1.54, 1.807) is 0 Å². The van der Waals surface area contributed by atoms with E-state index in [-0.39, 0.29) is 5.91 Å². The molecule has 1 aromatic heterocycles. The number of amides is 1. The van der Waals surface area contributed by atoms with Crippen LogP contribution in [0.5, 0.6) is 0 Å². The monoisotopic (exact) mass is 242 g/mol. The van der Waals surface area contributed by atoms with Gasteiger partial charge in [-0.15, -0.1) is 0 Å². The molecule has 1 aliphatic carbocycles. The Kier molecular flexibility index (Phi) is 2.82. The maximum atomic E-state index is 12.2. The number of hydrogen-bond acceptors (Lipinski definition) is 1. The largest absolute Gasteiger partial charge is 0.361 e. The third kappa shape index (κ3) is 2.13. The van der Waals surface area contributed by atoms with Crippen LogP contribution in [0.2, 0.25) is 0 Å². The molecule has 1 amide bonds. The lowest BCUT2D eigenvalue weighted by Gasteiger charge is -2.11. The zero-order valence-corrected chi connectivity index (χ0v) is 10.6. The minimum absolute atomic E-state index is 0.0237. The number of nitrogens with one attached hydrogen (secondary N) is 2. The zero-order valence-electron chi connectivity index (χ0n) is 10.6. The maximum absolute atomic E-state index is 12.2. The van der Waals surface area contributed by atoms with Gasteiger partial charge in [0.1, 0.15) is 0 Å². The summed E-state index contributed by atoms with van der Waals surface area (Å²) in [6.07, 6.45) is 4.51. The summed E-state index contributed by atoms with van der Waals surface area (Å²) in [7, 11) is 0. The minimum Gasteiger partial charge on any atom is -0.361 e. The fraction of sp³-hybridized carbons (Fsp3) is 0.400. The number of carbonyl (C=O) groups excluding carboxylic acids is 1. The highest BCUT2D eigenvalue weighted by atomic mass is 16.1. The summed E-state index contributed by atoms with van der Waals surface area (Å²) in [4.78, 5) is 15.3. The number of hydrogen-bond donors (Lipinski definition) is 2. The Labute approximate surface area is 107 Å². The Bertz CT molecular complexity index is 569. The van der Waals surface area contributed by atoms with Gasteiger partial charge >= 0.3 is 0 Å². The van der Waals surface area contributed by atoms with Crippen molar-refractivity contribution in [1.29, 1.82) is 0 Å². The minimum atomic E-state index is 0.0237. The van der Waals surface area contributed by atoms with Gasteiger partial charge in [0.2, 0.25) is 0 Å². The first-order chi connectivity index (χ1) is 8.75. The van der Waals surface area contributed by atoms with Crippen LogP contribution in [0.25, 0.3) is 10.9 Å². The highest BCUT2D eigenvalue weighted by molar-refractivity contribution is 6.05. The van der Waals surface area contributed by atoms with Gasteiger partial charge in [-0.25, -0.2) is 0 Å². The van der Waals surface area contributed by atoms with Crippen molar-refractivity contribution < 1.29 is 4.79 Å². The van der Waals surface area contributed by atoms with Crippen LogP contribution in [0.1, 0.15) is 30.1 Å². The van der Waals surface area contributed by atoms with Crippen molar-refractivity contribution in [2.45, 2.75) is 19.8 Å². The normalized spacial score (nSPS) is 16.7. The zero-order chi connectivity index (χ0) is 12.5. The van der Waals surface area contributed by atoms with E-state index in [1.807, 2.05) is 30.5 Å². The molecule has 94 valence electrons. The van der Waals surface area contributed by atoms with E-state index in [9.17, 15) is 4.79 Å². The number of fused-ring (bicyclic) bond motifs is 1.